The van der Waals surface area contributed by atoms with Crippen LogP contribution >= 0.6 is 0 Å². The number of hydrogen-bond donors (Lipinski definition) is 7. The number of aliphatic hydroxyl groups excluding tert-OH is 3. The molecule has 19 nitrogen and oxygen atoms in total. The van der Waals surface area contributed by atoms with Crippen molar-refractivity contribution in [3.05, 3.63) is 0 Å². The molecule has 16 unspecified atom stereocenters. The third kappa shape index (κ3) is 10.6. The zero-order chi connectivity index (χ0) is 40.0. The number of fused-ring (bicyclic) bond motifs is 2. The minimum absolute atomic E-state index is 0. The van der Waals surface area contributed by atoms with E-state index in [9.17, 15) is 54.2 Å². The second-order valence-corrected chi connectivity index (χ2v) is 22.2. The van der Waals surface area contributed by atoms with E-state index in [0.29, 0.717) is 64.2 Å². The molecular weight excluding hydrogens is 846 g/mol. The Morgan fingerprint density at radius 2 is 1.00 bits per heavy atom. The Bertz CT molecular complexity index is 1790. The molecule has 0 spiro atoms. The number of rotatable bonds is 9. The van der Waals surface area contributed by atoms with Crippen molar-refractivity contribution < 1.29 is 71.3 Å². The molecule has 6 saturated carbocycles. The molecule has 6 aliphatic carbocycles. The van der Waals surface area contributed by atoms with Crippen LogP contribution in [0.5, 0.6) is 0 Å². The van der Waals surface area contributed by atoms with Gasteiger partial charge in [0.25, 0.3) is 30.4 Å². The summed E-state index contributed by atoms with van der Waals surface area (Å²) in [7, 11) is -13.4. The number of azo groups is 3. The zero-order valence-corrected chi connectivity index (χ0v) is 34.6. The van der Waals surface area contributed by atoms with Crippen molar-refractivity contribution >= 4 is 30.4 Å². The van der Waals surface area contributed by atoms with E-state index in [1.54, 1.807) is 0 Å². The molecule has 1 radical (unpaired) electrons. The van der Waals surface area contributed by atoms with E-state index in [4.69, 9.17) is 5.73 Å². The molecule has 0 aromatic rings. The van der Waals surface area contributed by atoms with Crippen LogP contribution in [-0.2, 0) is 47.4 Å². The summed E-state index contributed by atoms with van der Waals surface area (Å²) >= 11 is 0. The Hall–Kier alpha value is -1.11. The summed E-state index contributed by atoms with van der Waals surface area (Å²) in [6.45, 7) is 1.92. The van der Waals surface area contributed by atoms with Gasteiger partial charge in [-0.05, 0) is 119 Å². The molecule has 0 saturated heterocycles. The van der Waals surface area contributed by atoms with Crippen LogP contribution in [0.1, 0.15) is 96.8 Å². The third-order valence-electron chi connectivity index (χ3n) is 13.6. The van der Waals surface area contributed by atoms with Gasteiger partial charge in [0.15, 0.2) is 0 Å². The molecule has 6 aliphatic rings. The van der Waals surface area contributed by atoms with Gasteiger partial charge in [0, 0.05) is 23.1 Å². The van der Waals surface area contributed by atoms with E-state index in [-0.39, 0.29) is 78.6 Å². The van der Waals surface area contributed by atoms with Crippen molar-refractivity contribution in [1.29, 1.82) is 0 Å². The monoisotopic (exact) mass is 902 g/mol. The SMILES string of the molecule is CC1CC(N=NC2C(O)C3CCC(N=NC4C(O)C5CCC(N)CC5CC4S(=O)(=O)O)CC3CC2S(=O)(=O)O)C(O)CC1N=NC1CCC(S(=O)(=O)O)CC1.[Cu]. The molecule has 325 valence electrons. The Morgan fingerprint density at radius 3 is 1.55 bits per heavy atom. The summed E-state index contributed by atoms with van der Waals surface area (Å²) < 4.78 is 103. The summed E-state index contributed by atoms with van der Waals surface area (Å²) in [6, 6.07) is -4.26. The summed E-state index contributed by atoms with van der Waals surface area (Å²) in [5.74, 6) is -1.29. The van der Waals surface area contributed by atoms with Gasteiger partial charge in [-0.25, -0.2) is 0 Å². The maximum absolute atomic E-state index is 12.7. The Kier molecular flexibility index (Phi) is 15.0. The van der Waals surface area contributed by atoms with Crippen LogP contribution in [0.2, 0.25) is 0 Å². The van der Waals surface area contributed by atoms with Crippen molar-refractivity contribution in [2.24, 2.45) is 66.0 Å². The predicted octanol–water partition coefficient (Wildman–Crippen LogP) is 2.38. The minimum atomic E-state index is -4.71. The summed E-state index contributed by atoms with van der Waals surface area (Å²) in [5.41, 5.74) is 6.10. The molecule has 0 aromatic carbocycles. The molecule has 8 N–H and O–H groups in total. The van der Waals surface area contributed by atoms with E-state index in [1.807, 2.05) is 6.92 Å². The largest absolute Gasteiger partial charge is 0.391 e. The topological polar surface area (TPSA) is 324 Å². The first-order valence-electron chi connectivity index (χ1n) is 19.6. The first-order chi connectivity index (χ1) is 25.7. The van der Waals surface area contributed by atoms with E-state index < -0.39 is 100 Å². The molecule has 0 amide bonds. The van der Waals surface area contributed by atoms with Crippen molar-refractivity contribution in [2.45, 2.75) is 173 Å². The van der Waals surface area contributed by atoms with Crippen molar-refractivity contribution in [3.63, 3.8) is 0 Å². The van der Waals surface area contributed by atoms with Crippen LogP contribution in [0.4, 0.5) is 0 Å². The standard InChI is InChI=1S/C33H57N7O12S3.Cu/c1-16-10-26(27(41)15-25(16)37-35-20-3-6-22(7-4-20)53(44,45)46)38-40-31-29(55(50,51)52)14-18-12-21(5-9-24(18)33(31)43)36-39-30-28(54(47,48)49)13-17-11-19(34)2-8-23(17)32(30)42;/h16-33,41-43H,2-15,34H2,1H3,(H,44,45,46)(H,47,48,49)(H,50,51,52);. The van der Waals surface area contributed by atoms with Gasteiger partial charge in [-0.2, -0.15) is 55.9 Å². The van der Waals surface area contributed by atoms with Gasteiger partial charge in [-0.3, -0.25) is 13.7 Å². The van der Waals surface area contributed by atoms with E-state index >= 15 is 0 Å². The maximum Gasteiger partial charge on any atom is 0.270 e. The van der Waals surface area contributed by atoms with E-state index in [2.05, 4.69) is 30.7 Å². The average molecular weight is 904 g/mol. The van der Waals surface area contributed by atoms with Gasteiger partial charge < -0.3 is 21.1 Å². The normalized spacial score (nSPS) is 45.6. The number of aliphatic hydroxyl groups is 3. The Balaban J connectivity index is 0.00000600. The molecule has 0 aromatic heterocycles. The molecule has 56 heavy (non-hydrogen) atoms. The quantitative estimate of drug-likeness (QED) is 0.0994. The summed E-state index contributed by atoms with van der Waals surface area (Å²) in [5, 5.41) is 56.3. The second-order valence-electron chi connectivity index (χ2n) is 17.2. The molecule has 16 atom stereocenters. The summed E-state index contributed by atoms with van der Waals surface area (Å²) in [6.07, 6.45) is 1.72. The maximum atomic E-state index is 12.7. The fourth-order valence-electron chi connectivity index (χ4n) is 10.4. The van der Waals surface area contributed by atoms with Crippen LogP contribution in [-0.4, -0.2) is 131 Å². The van der Waals surface area contributed by atoms with Crippen LogP contribution in [0.3, 0.4) is 0 Å². The first kappa shape index (κ1) is 46.0. The van der Waals surface area contributed by atoms with Gasteiger partial charge >= 0.3 is 0 Å². The minimum Gasteiger partial charge on any atom is -0.391 e. The van der Waals surface area contributed by atoms with Crippen LogP contribution in [0, 0.1) is 29.6 Å². The van der Waals surface area contributed by atoms with Crippen molar-refractivity contribution in [1.82, 2.24) is 0 Å². The number of nitrogens with two attached hydrogens (primary N) is 1. The zero-order valence-electron chi connectivity index (χ0n) is 31.2. The number of hydrogen-bond acceptors (Lipinski definition) is 16. The van der Waals surface area contributed by atoms with Gasteiger partial charge in [0.05, 0.1) is 47.7 Å². The molecule has 0 aliphatic heterocycles. The fraction of sp³-hybridized carbons (Fsp3) is 1.00. The smallest absolute Gasteiger partial charge is 0.270 e. The molecular formula is C33H57CuN7O12S3. The van der Waals surface area contributed by atoms with Crippen LogP contribution < -0.4 is 5.73 Å². The molecule has 0 heterocycles. The number of nitrogens with zero attached hydrogens (tertiary/aromatic N) is 6. The Morgan fingerprint density at radius 1 is 0.518 bits per heavy atom. The second kappa shape index (κ2) is 18.2. The predicted molar refractivity (Wildman–Crippen MR) is 197 cm³/mol. The molecule has 23 heteroatoms. The fourth-order valence-corrected chi connectivity index (χ4v) is 13.4. The molecule has 0 bridgehead atoms. The van der Waals surface area contributed by atoms with E-state index in [0.717, 1.165) is 0 Å². The van der Waals surface area contributed by atoms with Gasteiger partial charge in [0.2, 0.25) is 0 Å². The van der Waals surface area contributed by atoms with Gasteiger partial charge in [0.1, 0.15) is 22.6 Å². The van der Waals surface area contributed by atoms with Crippen molar-refractivity contribution in [2.75, 3.05) is 0 Å². The summed E-state index contributed by atoms with van der Waals surface area (Å²) in [4.78, 5) is 0. The third-order valence-corrected chi connectivity index (χ3v) is 17.4. The molecule has 6 rings (SSSR count). The van der Waals surface area contributed by atoms with Gasteiger partial charge in [-0.1, -0.05) is 6.92 Å². The Labute approximate surface area is 339 Å². The van der Waals surface area contributed by atoms with Gasteiger partial charge in [-0.15, -0.1) is 0 Å². The molecule has 6 fully saturated rings. The van der Waals surface area contributed by atoms with Crippen LogP contribution in [0.15, 0.2) is 30.7 Å². The van der Waals surface area contributed by atoms with E-state index in [1.165, 1.54) is 0 Å². The average Bonchev–Trinajstić information content (AvgIpc) is 3.10. The first-order valence-corrected chi connectivity index (χ1v) is 24.1. The van der Waals surface area contributed by atoms with Crippen molar-refractivity contribution in [3.8, 4) is 0 Å². The van der Waals surface area contributed by atoms with Crippen LogP contribution in [0.25, 0.3) is 0 Å².